The Labute approximate surface area is 178 Å². The molecule has 1 saturated heterocycles. The molecule has 2 aliphatic carbocycles. The second-order valence-electron chi connectivity index (χ2n) is 9.38. The Morgan fingerprint density at radius 3 is 2.57 bits per heavy atom. The predicted octanol–water partition coefficient (Wildman–Crippen LogP) is 3.63. The smallest absolute Gasteiger partial charge is 0.325 e. The number of imide groups is 1. The van der Waals surface area contributed by atoms with E-state index < -0.39 is 11.6 Å². The van der Waals surface area contributed by atoms with Crippen molar-refractivity contribution in [3.8, 4) is 0 Å². The first-order valence-electron chi connectivity index (χ1n) is 11.4. The van der Waals surface area contributed by atoms with Gasteiger partial charge in [0, 0.05) is 0 Å². The van der Waals surface area contributed by atoms with Gasteiger partial charge in [-0.3, -0.25) is 14.5 Å². The molecule has 1 aliphatic heterocycles. The molecule has 1 aromatic carbocycles. The molecule has 1 heterocycles. The van der Waals surface area contributed by atoms with Gasteiger partial charge in [-0.15, -0.1) is 0 Å². The molecule has 6 heteroatoms. The molecule has 0 unspecified atom stereocenters. The van der Waals surface area contributed by atoms with E-state index in [1.165, 1.54) is 30.4 Å². The summed E-state index contributed by atoms with van der Waals surface area (Å²) >= 11 is 0. The van der Waals surface area contributed by atoms with E-state index in [0.29, 0.717) is 0 Å². The van der Waals surface area contributed by atoms with Crippen LogP contribution in [-0.2, 0) is 22.4 Å². The number of carbonyl (C=O) groups is 3. The fourth-order valence-corrected chi connectivity index (χ4v) is 5.35. The molecular weight excluding hydrogens is 378 g/mol. The van der Waals surface area contributed by atoms with Gasteiger partial charge in [-0.2, -0.15) is 0 Å². The minimum atomic E-state index is -0.887. The number of carbonyl (C=O) groups excluding carboxylic acids is 3. The molecule has 2 N–H and O–H groups in total. The fourth-order valence-electron chi connectivity index (χ4n) is 5.35. The van der Waals surface area contributed by atoms with Crippen LogP contribution in [0.4, 0.5) is 4.79 Å². The van der Waals surface area contributed by atoms with E-state index in [2.05, 4.69) is 28.8 Å². The lowest BCUT2D eigenvalue weighted by molar-refractivity contribution is -0.136. The lowest BCUT2D eigenvalue weighted by Crippen LogP contribution is -2.51. The van der Waals surface area contributed by atoms with E-state index in [0.717, 1.165) is 49.0 Å². The van der Waals surface area contributed by atoms with E-state index in [9.17, 15) is 14.4 Å². The number of nitrogens with one attached hydrogen (secondary N) is 2. The maximum atomic E-state index is 13.1. The van der Waals surface area contributed by atoms with E-state index in [4.69, 9.17) is 0 Å². The van der Waals surface area contributed by atoms with Crippen molar-refractivity contribution in [2.75, 3.05) is 6.54 Å². The number of benzene rings is 1. The number of rotatable bonds is 5. The van der Waals surface area contributed by atoms with Gasteiger partial charge in [0.2, 0.25) is 5.91 Å². The highest BCUT2D eigenvalue weighted by Gasteiger charge is 2.52. The number of fused-ring (bicyclic) bond motifs is 1. The maximum Gasteiger partial charge on any atom is 0.325 e. The van der Waals surface area contributed by atoms with Crippen LogP contribution in [0, 0.1) is 5.92 Å². The minimum Gasteiger partial charge on any atom is -0.348 e. The number of amides is 4. The second-order valence-corrected chi connectivity index (χ2v) is 9.38. The molecule has 1 aromatic rings. The van der Waals surface area contributed by atoms with E-state index in [-0.39, 0.29) is 30.3 Å². The van der Waals surface area contributed by atoms with Crippen molar-refractivity contribution in [1.29, 1.82) is 0 Å². The molecule has 4 amide bonds. The standard InChI is InChI=1S/C24H33N3O3/c1-16(18-13-12-17-8-6-7-9-19(17)14-18)25-21(28)15-27-22(29)24(2,26-23(27)30)20-10-4-3-5-11-20/h12-14,16,20H,3-11,15H2,1-2H3,(H,25,28)(H,26,30)/t16-,24-/m1/s1. The first-order valence-corrected chi connectivity index (χ1v) is 11.4. The summed E-state index contributed by atoms with van der Waals surface area (Å²) in [5.74, 6) is -0.433. The lowest BCUT2D eigenvalue weighted by atomic mass is 9.75. The highest BCUT2D eigenvalue weighted by molar-refractivity contribution is 6.09. The van der Waals surface area contributed by atoms with Gasteiger partial charge >= 0.3 is 6.03 Å². The normalized spacial score (nSPS) is 25.6. The van der Waals surface area contributed by atoms with Crippen LogP contribution in [0.2, 0.25) is 0 Å². The summed E-state index contributed by atoms with van der Waals surface area (Å²) in [7, 11) is 0. The average Bonchev–Trinajstić information content (AvgIpc) is 2.98. The molecule has 4 rings (SSSR count). The lowest BCUT2D eigenvalue weighted by Gasteiger charge is -2.34. The molecule has 0 bridgehead atoms. The summed E-state index contributed by atoms with van der Waals surface area (Å²) in [5.41, 5.74) is 2.96. The monoisotopic (exact) mass is 411 g/mol. The number of hydrogen-bond donors (Lipinski definition) is 2. The zero-order valence-electron chi connectivity index (χ0n) is 18.1. The van der Waals surface area contributed by atoms with E-state index in [1.54, 1.807) is 0 Å². The van der Waals surface area contributed by atoms with Crippen molar-refractivity contribution in [1.82, 2.24) is 15.5 Å². The van der Waals surface area contributed by atoms with Gasteiger partial charge in [-0.25, -0.2) is 4.79 Å². The topological polar surface area (TPSA) is 78.5 Å². The van der Waals surface area contributed by atoms with E-state index >= 15 is 0 Å². The molecule has 162 valence electrons. The Bertz CT molecular complexity index is 846. The van der Waals surface area contributed by atoms with Crippen LogP contribution in [0.5, 0.6) is 0 Å². The van der Waals surface area contributed by atoms with Crippen molar-refractivity contribution in [3.63, 3.8) is 0 Å². The van der Waals surface area contributed by atoms with Crippen LogP contribution in [0.15, 0.2) is 18.2 Å². The summed E-state index contributed by atoms with van der Waals surface area (Å²) < 4.78 is 0. The van der Waals surface area contributed by atoms with Crippen molar-refractivity contribution in [2.24, 2.45) is 5.92 Å². The molecule has 30 heavy (non-hydrogen) atoms. The number of urea groups is 1. The van der Waals surface area contributed by atoms with Crippen LogP contribution in [-0.4, -0.2) is 34.8 Å². The molecule has 0 radical (unpaired) electrons. The Hall–Kier alpha value is -2.37. The van der Waals surface area contributed by atoms with Gasteiger partial charge in [0.05, 0.1) is 6.04 Å². The molecule has 0 spiro atoms. The largest absolute Gasteiger partial charge is 0.348 e. The average molecular weight is 412 g/mol. The molecule has 2 fully saturated rings. The first-order chi connectivity index (χ1) is 14.4. The summed E-state index contributed by atoms with van der Waals surface area (Å²) in [6.07, 6.45) is 9.91. The molecule has 0 aromatic heterocycles. The summed E-state index contributed by atoms with van der Waals surface area (Å²) in [4.78, 5) is 39.3. The van der Waals surface area contributed by atoms with Crippen LogP contribution >= 0.6 is 0 Å². The Morgan fingerprint density at radius 1 is 1.13 bits per heavy atom. The maximum absolute atomic E-state index is 13.1. The summed E-state index contributed by atoms with van der Waals surface area (Å²) in [6, 6.07) is 5.80. The Kier molecular flexibility index (Phi) is 5.85. The molecule has 2 atom stereocenters. The quantitative estimate of drug-likeness (QED) is 0.726. The summed E-state index contributed by atoms with van der Waals surface area (Å²) in [6.45, 7) is 3.53. The number of hydrogen-bond acceptors (Lipinski definition) is 3. The third kappa shape index (κ3) is 3.96. The highest BCUT2D eigenvalue weighted by atomic mass is 16.2. The van der Waals surface area contributed by atoms with Crippen molar-refractivity contribution in [2.45, 2.75) is 83.2 Å². The fraction of sp³-hybridized carbons (Fsp3) is 0.625. The Balaban J connectivity index is 1.38. The SMILES string of the molecule is C[C@@H](NC(=O)CN1C(=O)N[C@](C)(C2CCCCC2)C1=O)c1ccc2c(c1)CCCC2. The van der Waals surface area contributed by atoms with Gasteiger partial charge in [0.25, 0.3) is 5.91 Å². The number of aryl methyl sites for hydroxylation is 2. The van der Waals surface area contributed by atoms with Crippen LogP contribution in [0.3, 0.4) is 0 Å². The highest BCUT2D eigenvalue weighted by Crippen LogP contribution is 2.36. The zero-order chi connectivity index (χ0) is 21.3. The van der Waals surface area contributed by atoms with Crippen LogP contribution in [0.1, 0.15) is 81.5 Å². The Morgan fingerprint density at radius 2 is 1.83 bits per heavy atom. The second kappa shape index (κ2) is 8.40. The van der Waals surface area contributed by atoms with Crippen molar-refractivity contribution < 1.29 is 14.4 Å². The van der Waals surface area contributed by atoms with Crippen molar-refractivity contribution in [3.05, 3.63) is 34.9 Å². The minimum absolute atomic E-state index is 0.144. The van der Waals surface area contributed by atoms with Gasteiger partial charge in [0.1, 0.15) is 12.1 Å². The van der Waals surface area contributed by atoms with Gasteiger partial charge in [-0.05, 0) is 75.0 Å². The molecule has 1 saturated carbocycles. The van der Waals surface area contributed by atoms with Gasteiger partial charge in [-0.1, -0.05) is 37.5 Å². The third-order valence-corrected chi connectivity index (χ3v) is 7.27. The zero-order valence-corrected chi connectivity index (χ0v) is 18.1. The van der Waals surface area contributed by atoms with Gasteiger partial charge in [0.15, 0.2) is 0 Å². The van der Waals surface area contributed by atoms with E-state index in [1.807, 2.05) is 13.8 Å². The predicted molar refractivity (Wildman–Crippen MR) is 115 cm³/mol. The number of nitrogens with zero attached hydrogens (tertiary/aromatic N) is 1. The van der Waals surface area contributed by atoms with Crippen molar-refractivity contribution >= 4 is 17.8 Å². The van der Waals surface area contributed by atoms with Crippen LogP contribution < -0.4 is 10.6 Å². The van der Waals surface area contributed by atoms with Gasteiger partial charge < -0.3 is 10.6 Å². The molecule has 6 nitrogen and oxygen atoms in total. The molecular formula is C24H33N3O3. The summed E-state index contributed by atoms with van der Waals surface area (Å²) in [5, 5.41) is 5.85. The van der Waals surface area contributed by atoms with Crippen LogP contribution in [0.25, 0.3) is 0 Å². The third-order valence-electron chi connectivity index (χ3n) is 7.27. The molecule has 3 aliphatic rings. The first kappa shape index (κ1) is 20.9.